The van der Waals surface area contributed by atoms with Crippen LogP contribution in [0.1, 0.15) is 5.56 Å². The summed E-state index contributed by atoms with van der Waals surface area (Å²) in [6, 6.07) is 14.5. The molecule has 5 rings (SSSR count). The van der Waals surface area contributed by atoms with E-state index in [1.54, 1.807) is 24.5 Å². The van der Waals surface area contributed by atoms with Gasteiger partial charge >= 0.3 is 0 Å². The third kappa shape index (κ3) is 4.35. The lowest BCUT2D eigenvalue weighted by Gasteiger charge is -2.19. The fourth-order valence-corrected chi connectivity index (χ4v) is 5.12. The number of benzene rings is 2. The van der Waals surface area contributed by atoms with Crippen LogP contribution in [-0.2, 0) is 16.6 Å². The summed E-state index contributed by atoms with van der Waals surface area (Å²) >= 11 is 0. The minimum absolute atomic E-state index is 0. The van der Waals surface area contributed by atoms with E-state index in [0.717, 1.165) is 22.3 Å². The molecule has 0 aliphatic carbocycles. The van der Waals surface area contributed by atoms with E-state index in [9.17, 15) is 8.42 Å². The number of halogens is 1. The quantitative estimate of drug-likeness (QED) is 0.426. The van der Waals surface area contributed by atoms with Gasteiger partial charge in [-0.1, -0.05) is 6.07 Å². The van der Waals surface area contributed by atoms with Crippen molar-refractivity contribution in [2.45, 2.75) is 11.4 Å². The lowest BCUT2D eigenvalue weighted by molar-refractivity contribution is 0.171. The van der Waals surface area contributed by atoms with Crippen LogP contribution in [-0.4, -0.2) is 37.6 Å². The lowest BCUT2D eigenvalue weighted by Crippen LogP contribution is -2.15. The minimum atomic E-state index is -3.80. The molecule has 2 aromatic heterocycles. The highest BCUT2D eigenvalue weighted by atomic mass is 35.5. The summed E-state index contributed by atoms with van der Waals surface area (Å²) in [7, 11) is -1.97. The Balaban J connectivity index is 0.00000259. The number of nitrogens with one attached hydrogen (secondary N) is 2. The highest BCUT2D eigenvalue weighted by molar-refractivity contribution is 7.90. The smallest absolute Gasteiger partial charge is 0.269 e. The summed E-state index contributed by atoms with van der Waals surface area (Å²) in [4.78, 5) is 4.11. The lowest BCUT2D eigenvalue weighted by atomic mass is 10.1. The first-order valence-corrected chi connectivity index (χ1v) is 11.6. The van der Waals surface area contributed by atoms with E-state index < -0.39 is 10.0 Å². The highest BCUT2D eigenvalue weighted by Crippen LogP contribution is 2.35. The number of rotatable bonds is 6. The molecule has 0 atom stereocenters. The van der Waals surface area contributed by atoms with E-state index >= 15 is 0 Å². The second-order valence-corrected chi connectivity index (χ2v) is 9.20. The van der Waals surface area contributed by atoms with Crippen molar-refractivity contribution in [1.29, 1.82) is 0 Å². The maximum atomic E-state index is 13.3. The zero-order valence-electron chi connectivity index (χ0n) is 17.8. The van der Waals surface area contributed by atoms with Gasteiger partial charge in [0.2, 0.25) is 0 Å². The maximum absolute atomic E-state index is 13.3. The Morgan fingerprint density at radius 3 is 2.55 bits per heavy atom. The van der Waals surface area contributed by atoms with Gasteiger partial charge in [-0.05, 0) is 49.0 Å². The predicted molar refractivity (Wildman–Crippen MR) is 129 cm³/mol. The van der Waals surface area contributed by atoms with Crippen molar-refractivity contribution in [3.05, 3.63) is 72.7 Å². The number of ether oxygens (including phenoxy) is 2. The zero-order chi connectivity index (χ0) is 22.1. The molecule has 33 heavy (non-hydrogen) atoms. The average Bonchev–Trinajstić information content (AvgIpc) is 3.18. The third-order valence-electron chi connectivity index (χ3n) is 5.24. The molecule has 0 bridgehead atoms. The van der Waals surface area contributed by atoms with E-state index in [4.69, 9.17) is 9.47 Å². The van der Waals surface area contributed by atoms with Crippen LogP contribution in [0.5, 0.6) is 11.5 Å². The fourth-order valence-electron chi connectivity index (χ4n) is 3.78. The molecule has 1 aliphatic rings. The Morgan fingerprint density at radius 2 is 1.79 bits per heavy atom. The van der Waals surface area contributed by atoms with Gasteiger partial charge in [0.25, 0.3) is 10.0 Å². The first-order chi connectivity index (χ1) is 15.6. The SMILES string of the molecule is CNCc1cn(S(=O)(=O)c2cccnc2)c2cc(Nc3ccc4c(c3)OCCO4)ccc12.Cl. The molecule has 8 nitrogen and oxygen atoms in total. The van der Waals surface area contributed by atoms with E-state index in [2.05, 4.69) is 15.6 Å². The van der Waals surface area contributed by atoms with Crippen molar-refractivity contribution in [3.63, 3.8) is 0 Å². The van der Waals surface area contributed by atoms with Crippen molar-refractivity contribution >= 4 is 44.7 Å². The monoisotopic (exact) mass is 486 g/mol. The predicted octanol–water partition coefficient (Wildman–Crippen LogP) is 3.93. The Bertz CT molecular complexity index is 1390. The van der Waals surface area contributed by atoms with Crippen molar-refractivity contribution in [2.24, 2.45) is 0 Å². The van der Waals surface area contributed by atoms with Gasteiger partial charge in [0.15, 0.2) is 11.5 Å². The van der Waals surface area contributed by atoms with E-state index in [0.29, 0.717) is 36.8 Å². The van der Waals surface area contributed by atoms with Crippen LogP contribution in [0.25, 0.3) is 10.9 Å². The molecule has 4 aromatic rings. The van der Waals surface area contributed by atoms with Crippen molar-refractivity contribution in [2.75, 3.05) is 25.6 Å². The van der Waals surface area contributed by atoms with Crippen LogP contribution < -0.4 is 20.1 Å². The van der Waals surface area contributed by atoms with Gasteiger partial charge < -0.3 is 20.1 Å². The van der Waals surface area contributed by atoms with Crippen LogP contribution in [0.15, 0.2) is 72.0 Å². The molecule has 0 saturated carbocycles. The molecule has 2 N–H and O–H groups in total. The van der Waals surface area contributed by atoms with Gasteiger partial charge in [-0.3, -0.25) is 4.98 Å². The second kappa shape index (κ2) is 9.30. The number of nitrogens with zero attached hydrogens (tertiary/aromatic N) is 2. The summed E-state index contributed by atoms with van der Waals surface area (Å²) in [5, 5.41) is 7.30. The molecule has 0 spiro atoms. The van der Waals surface area contributed by atoms with Gasteiger partial charge in [-0.2, -0.15) is 0 Å². The first-order valence-electron chi connectivity index (χ1n) is 10.2. The molecule has 0 fully saturated rings. The van der Waals surface area contributed by atoms with Gasteiger partial charge in [-0.25, -0.2) is 12.4 Å². The zero-order valence-corrected chi connectivity index (χ0v) is 19.4. The molecule has 0 amide bonds. The van der Waals surface area contributed by atoms with Crippen LogP contribution in [0, 0.1) is 0 Å². The Morgan fingerprint density at radius 1 is 1.03 bits per heavy atom. The van der Waals surface area contributed by atoms with Crippen LogP contribution in [0.3, 0.4) is 0 Å². The largest absolute Gasteiger partial charge is 0.486 e. The van der Waals surface area contributed by atoms with Crippen molar-refractivity contribution in [1.82, 2.24) is 14.3 Å². The molecule has 1 aliphatic heterocycles. The van der Waals surface area contributed by atoms with Gasteiger partial charge in [0.05, 0.1) is 5.52 Å². The number of fused-ring (bicyclic) bond motifs is 2. The normalized spacial score (nSPS) is 12.9. The Labute approximate surface area is 198 Å². The van der Waals surface area contributed by atoms with Crippen molar-refractivity contribution in [3.8, 4) is 11.5 Å². The fraction of sp³-hybridized carbons (Fsp3) is 0.174. The number of hydrogen-bond donors (Lipinski definition) is 2. The molecule has 3 heterocycles. The number of aromatic nitrogens is 2. The van der Waals surface area contributed by atoms with Gasteiger partial charge in [0, 0.05) is 48.0 Å². The van der Waals surface area contributed by atoms with E-state index in [1.165, 1.54) is 10.2 Å². The molecule has 0 saturated heterocycles. The molecule has 10 heteroatoms. The minimum Gasteiger partial charge on any atom is -0.486 e. The summed E-state index contributed by atoms with van der Waals surface area (Å²) in [6.07, 6.45) is 4.57. The number of pyridine rings is 1. The van der Waals surface area contributed by atoms with Crippen LogP contribution in [0.4, 0.5) is 11.4 Å². The molecule has 0 radical (unpaired) electrons. The average molecular weight is 487 g/mol. The van der Waals surface area contributed by atoms with E-state index in [1.807, 2.05) is 43.4 Å². The topological polar surface area (TPSA) is 94.5 Å². The number of anilines is 2. The van der Waals surface area contributed by atoms with Gasteiger partial charge in [-0.15, -0.1) is 12.4 Å². The molecule has 2 aromatic carbocycles. The summed E-state index contributed by atoms with van der Waals surface area (Å²) in [5.74, 6) is 1.39. The maximum Gasteiger partial charge on any atom is 0.269 e. The molecule has 0 unspecified atom stereocenters. The first kappa shape index (κ1) is 22.9. The Hall–Kier alpha value is -3.27. The summed E-state index contributed by atoms with van der Waals surface area (Å²) in [5.41, 5.74) is 3.05. The molecular formula is C23H23ClN4O4S. The summed E-state index contributed by atoms with van der Waals surface area (Å²) in [6.45, 7) is 1.59. The van der Waals surface area contributed by atoms with Crippen molar-refractivity contribution < 1.29 is 17.9 Å². The second-order valence-electron chi connectivity index (χ2n) is 7.39. The Kier molecular flexibility index (Phi) is 6.46. The summed E-state index contributed by atoms with van der Waals surface area (Å²) < 4.78 is 39.2. The molecule has 172 valence electrons. The van der Waals surface area contributed by atoms with Gasteiger partial charge in [0.1, 0.15) is 18.1 Å². The standard InChI is InChI=1S/C23H22N4O4S.ClH/c1-24-13-16-15-27(32(28,29)19-3-2-8-25-14-19)21-11-17(4-6-20(16)21)26-18-5-7-22-23(12-18)31-10-9-30-22;/h2-8,11-12,14-15,24,26H,9-10,13H2,1H3;1H. The molecular weight excluding hydrogens is 464 g/mol. The third-order valence-corrected chi connectivity index (χ3v) is 6.90. The van der Waals surface area contributed by atoms with E-state index in [-0.39, 0.29) is 17.3 Å². The van der Waals surface area contributed by atoms with Crippen LogP contribution in [0.2, 0.25) is 0 Å². The highest BCUT2D eigenvalue weighted by Gasteiger charge is 2.22. The number of hydrogen-bond acceptors (Lipinski definition) is 7. The van der Waals surface area contributed by atoms with Crippen LogP contribution >= 0.6 is 12.4 Å².